The van der Waals surface area contributed by atoms with Gasteiger partial charge in [0.15, 0.2) is 0 Å². The summed E-state index contributed by atoms with van der Waals surface area (Å²) >= 11 is 0. The first-order valence-electron chi connectivity index (χ1n) is 7.19. The van der Waals surface area contributed by atoms with Crippen molar-refractivity contribution in [3.05, 3.63) is 30.1 Å². The second kappa shape index (κ2) is 7.17. The molecule has 0 saturated carbocycles. The van der Waals surface area contributed by atoms with Crippen molar-refractivity contribution >= 4 is 17.5 Å². The molecule has 6 heteroatoms. The zero-order valence-corrected chi connectivity index (χ0v) is 12.2. The quantitative estimate of drug-likeness (QED) is 0.815. The Labute approximate surface area is 123 Å². The van der Waals surface area contributed by atoms with Crippen molar-refractivity contribution < 1.29 is 18.9 Å². The van der Waals surface area contributed by atoms with Crippen LogP contribution in [-0.2, 0) is 9.59 Å². The average Bonchev–Trinajstić information content (AvgIpc) is 2.48. The molecule has 2 rings (SSSR count). The van der Waals surface area contributed by atoms with Gasteiger partial charge in [0.1, 0.15) is 5.82 Å². The maximum absolute atomic E-state index is 12.7. The Balaban J connectivity index is 1.73. The first kappa shape index (κ1) is 15.4. The molecule has 1 aromatic carbocycles. The molecule has 0 spiro atoms. The average molecular weight is 294 g/mol. The molecule has 0 bridgehead atoms. The van der Waals surface area contributed by atoms with E-state index in [0.717, 1.165) is 26.2 Å². The van der Waals surface area contributed by atoms with Crippen LogP contribution in [0.1, 0.15) is 12.8 Å². The Kier molecular flexibility index (Phi) is 5.27. The highest BCUT2D eigenvalue weighted by molar-refractivity contribution is 5.93. The van der Waals surface area contributed by atoms with Crippen molar-refractivity contribution in [2.24, 2.45) is 0 Å². The zero-order valence-electron chi connectivity index (χ0n) is 12.2. The predicted octanol–water partition coefficient (Wildman–Crippen LogP) is -0.0987. The zero-order chi connectivity index (χ0) is 15.2. The lowest BCUT2D eigenvalue weighted by Crippen LogP contribution is -3.12. The number of halogens is 1. The third kappa shape index (κ3) is 4.82. The number of hydrogen-bond donors (Lipinski definition) is 2. The Hall–Kier alpha value is -1.95. The minimum atomic E-state index is -0.347. The van der Waals surface area contributed by atoms with Gasteiger partial charge in [0.05, 0.1) is 33.2 Å². The third-order valence-electron chi connectivity index (χ3n) is 3.66. The fourth-order valence-electron chi connectivity index (χ4n) is 2.27. The molecule has 1 heterocycles. The SMILES string of the molecule is C[NH+]1CCN(C(=O)CCC(=O)Nc2ccc(F)cc2)CC1. The minimum Gasteiger partial charge on any atom is -0.334 e. The van der Waals surface area contributed by atoms with Gasteiger partial charge >= 0.3 is 0 Å². The Morgan fingerprint density at radius 3 is 2.43 bits per heavy atom. The van der Waals surface area contributed by atoms with Crippen LogP contribution in [0.2, 0.25) is 0 Å². The lowest BCUT2D eigenvalue weighted by molar-refractivity contribution is -0.883. The summed E-state index contributed by atoms with van der Waals surface area (Å²) in [5.41, 5.74) is 0.539. The molecule has 1 aliphatic rings. The molecule has 5 nitrogen and oxygen atoms in total. The third-order valence-corrected chi connectivity index (χ3v) is 3.66. The second-order valence-corrected chi connectivity index (χ2v) is 5.39. The molecule has 21 heavy (non-hydrogen) atoms. The lowest BCUT2D eigenvalue weighted by atomic mass is 10.2. The molecule has 0 unspecified atom stereocenters. The summed E-state index contributed by atoms with van der Waals surface area (Å²) in [6.45, 7) is 3.41. The van der Waals surface area contributed by atoms with E-state index in [4.69, 9.17) is 0 Å². The number of hydrogen-bond acceptors (Lipinski definition) is 2. The lowest BCUT2D eigenvalue weighted by Gasteiger charge is -2.30. The van der Waals surface area contributed by atoms with Gasteiger partial charge in [-0.1, -0.05) is 0 Å². The van der Waals surface area contributed by atoms with Crippen LogP contribution in [-0.4, -0.2) is 49.9 Å². The number of carbonyl (C=O) groups excluding carboxylic acids is 2. The van der Waals surface area contributed by atoms with Crippen molar-refractivity contribution in [2.75, 3.05) is 38.5 Å². The number of nitrogens with one attached hydrogen (secondary N) is 2. The maximum atomic E-state index is 12.7. The first-order chi connectivity index (χ1) is 10.0. The van der Waals surface area contributed by atoms with Gasteiger partial charge in [-0.15, -0.1) is 0 Å². The van der Waals surface area contributed by atoms with E-state index >= 15 is 0 Å². The summed E-state index contributed by atoms with van der Waals surface area (Å²) in [7, 11) is 2.11. The van der Waals surface area contributed by atoms with Crippen LogP contribution < -0.4 is 10.2 Å². The van der Waals surface area contributed by atoms with Gasteiger partial charge in [0.2, 0.25) is 11.8 Å². The topological polar surface area (TPSA) is 53.9 Å². The molecule has 1 fully saturated rings. The number of nitrogens with zero attached hydrogens (tertiary/aromatic N) is 1. The van der Waals surface area contributed by atoms with Gasteiger partial charge in [-0.3, -0.25) is 9.59 Å². The van der Waals surface area contributed by atoms with E-state index in [1.807, 2.05) is 4.90 Å². The van der Waals surface area contributed by atoms with Crippen LogP contribution in [0.5, 0.6) is 0 Å². The molecule has 2 N–H and O–H groups in total. The fraction of sp³-hybridized carbons (Fsp3) is 0.467. The fourth-order valence-corrected chi connectivity index (χ4v) is 2.27. The molecular formula is C15H21FN3O2+. The van der Waals surface area contributed by atoms with Crippen molar-refractivity contribution in [3.63, 3.8) is 0 Å². The number of amides is 2. The van der Waals surface area contributed by atoms with Crippen LogP contribution >= 0.6 is 0 Å². The molecular weight excluding hydrogens is 273 g/mol. The number of carbonyl (C=O) groups is 2. The minimum absolute atomic E-state index is 0.0248. The molecule has 0 aliphatic carbocycles. The molecule has 2 amide bonds. The van der Waals surface area contributed by atoms with Gasteiger partial charge in [-0.25, -0.2) is 4.39 Å². The van der Waals surface area contributed by atoms with Gasteiger partial charge in [-0.2, -0.15) is 0 Å². The molecule has 1 saturated heterocycles. The van der Waals surface area contributed by atoms with E-state index in [2.05, 4.69) is 12.4 Å². The number of benzene rings is 1. The van der Waals surface area contributed by atoms with Crippen molar-refractivity contribution in [1.29, 1.82) is 0 Å². The van der Waals surface area contributed by atoms with Crippen LogP contribution in [0, 0.1) is 5.82 Å². The highest BCUT2D eigenvalue weighted by atomic mass is 19.1. The molecule has 114 valence electrons. The van der Waals surface area contributed by atoms with Gasteiger partial charge in [0, 0.05) is 18.5 Å². The van der Waals surface area contributed by atoms with E-state index in [1.54, 1.807) is 0 Å². The Bertz CT molecular complexity index is 496. The number of rotatable bonds is 4. The highest BCUT2D eigenvalue weighted by Gasteiger charge is 2.21. The Morgan fingerprint density at radius 2 is 1.81 bits per heavy atom. The van der Waals surface area contributed by atoms with E-state index in [1.165, 1.54) is 29.2 Å². The van der Waals surface area contributed by atoms with E-state index in [-0.39, 0.29) is 30.5 Å². The highest BCUT2D eigenvalue weighted by Crippen LogP contribution is 2.09. The van der Waals surface area contributed by atoms with Crippen molar-refractivity contribution in [3.8, 4) is 0 Å². The van der Waals surface area contributed by atoms with Crippen LogP contribution in [0.15, 0.2) is 24.3 Å². The predicted molar refractivity (Wildman–Crippen MR) is 77.5 cm³/mol. The number of quaternary nitrogens is 1. The summed E-state index contributed by atoms with van der Waals surface area (Å²) in [6.07, 6.45) is 0.363. The molecule has 0 aromatic heterocycles. The number of anilines is 1. The van der Waals surface area contributed by atoms with E-state index < -0.39 is 0 Å². The molecule has 1 aliphatic heterocycles. The Morgan fingerprint density at radius 1 is 1.19 bits per heavy atom. The molecule has 1 aromatic rings. The largest absolute Gasteiger partial charge is 0.334 e. The van der Waals surface area contributed by atoms with E-state index in [0.29, 0.717) is 5.69 Å². The van der Waals surface area contributed by atoms with Crippen LogP contribution in [0.25, 0.3) is 0 Å². The molecule has 0 radical (unpaired) electrons. The summed E-state index contributed by atoms with van der Waals surface area (Å²) in [5, 5.41) is 2.65. The molecule has 0 atom stereocenters. The van der Waals surface area contributed by atoms with Crippen LogP contribution in [0.4, 0.5) is 10.1 Å². The van der Waals surface area contributed by atoms with Crippen LogP contribution in [0.3, 0.4) is 0 Å². The monoisotopic (exact) mass is 294 g/mol. The summed E-state index contributed by atoms with van der Waals surface area (Å²) in [5.74, 6) is -0.549. The van der Waals surface area contributed by atoms with Crippen molar-refractivity contribution in [1.82, 2.24) is 4.90 Å². The smallest absolute Gasteiger partial charge is 0.224 e. The number of piperazine rings is 1. The first-order valence-corrected chi connectivity index (χ1v) is 7.19. The summed E-state index contributed by atoms with van der Waals surface area (Å²) < 4.78 is 12.7. The second-order valence-electron chi connectivity index (χ2n) is 5.39. The summed E-state index contributed by atoms with van der Waals surface area (Å²) in [6, 6.07) is 5.57. The van der Waals surface area contributed by atoms with Gasteiger partial charge in [0.25, 0.3) is 0 Å². The summed E-state index contributed by atoms with van der Waals surface area (Å²) in [4.78, 5) is 27.0. The number of likely N-dealkylation sites (N-methyl/N-ethyl adjacent to an activating group) is 1. The van der Waals surface area contributed by atoms with Gasteiger partial charge < -0.3 is 15.1 Å². The standard InChI is InChI=1S/C15H20FN3O2/c1-18-8-10-19(11-9-18)15(21)7-6-14(20)17-13-4-2-12(16)3-5-13/h2-5H,6-11H2,1H3,(H,17,20)/p+1. The normalized spacial score (nSPS) is 15.8. The van der Waals surface area contributed by atoms with E-state index in [9.17, 15) is 14.0 Å². The van der Waals surface area contributed by atoms with Crippen molar-refractivity contribution in [2.45, 2.75) is 12.8 Å². The maximum Gasteiger partial charge on any atom is 0.224 e. The van der Waals surface area contributed by atoms with Gasteiger partial charge in [-0.05, 0) is 24.3 Å².